The molecule has 10 nitrogen and oxygen atoms in total. The summed E-state index contributed by atoms with van der Waals surface area (Å²) in [7, 11) is 1.48. The Balaban J connectivity index is 1.94. The van der Waals surface area contributed by atoms with Crippen LogP contribution in [-0.2, 0) is 16.1 Å². The van der Waals surface area contributed by atoms with Gasteiger partial charge in [0.25, 0.3) is 11.5 Å². The third kappa shape index (κ3) is 5.25. The normalized spacial score (nSPS) is 13.2. The highest BCUT2D eigenvalue weighted by Crippen LogP contribution is 2.30. The van der Waals surface area contributed by atoms with Gasteiger partial charge in [0.1, 0.15) is 5.82 Å². The smallest absolute Gasteiger partial charge is 0.330 e. The van der Waals surface area contributed by atoms with E-state index in [-0.39, 0.29) is 48.9 Å². The molecule has 32 heavy (non-hydrogen) atoms. The maximum absolute atomic E-state index is 13.3. The number of hydrogen-bond acceptors (Lipinski definition) is 6. The summed E-state index contributed by atoms with van der Waals surface area (Å²) in [6.07, 6.45) is 1.79. The minimum absolute atomic E-state index is 0.0301. The van der Waals surface area contributed by atoms with Gasteiger partial charge in [-0.3, -0.25) is 28.8 Å². The molecule has 2 aromatic rings. The Kier molecular flexibility index (Phi) is 7.14. The molecule has 2 amide bonds. The van der Waals surface area contributed by atoms with Gasteiger partial charge in [-0.05, 0) is 43.0 Å². The number of rotatable bonds is 9. The first-order chi connectivity index (χ1) is 15.2. The monoisotopic (exact) mass is 443 g/mol. The summed E-state index contributed by atoms with van der Waals surface area (Å²) in [4.78, 5) is 53.6. The summed E-state index contributed by atoms with van der Waals surface area (Å²) in [6.45, 7) is 4.32. The largest absolute Gasteiger partial charge is 0.383 e. The van der Waals surface area contributed by atoms with Gasteiger partial charge < -0.3 is 15.8 Å². The summed E-state index contributed by atoms with van der Waals surface area (Å²) in [5.74, 6) is -0.427. The zero-order valence-corrected chi connectivity index (χ0v) is 18.5. The fraction of sp³-hybridized carbons (Fsp3) is 0.455. The van der Waals surface area contributed by atoms with Gasteiger partial charge in [-0.25, -0.2) is 4.79 Å². The molecule has 0 saturated heterocycles. The fourth-order valence-corrected chi connectivity index (χ4v) is 3.32. The van der Waals surface area contributed by atoms with E-state index in [2.05, 4.69) is 10.3 Å². The van der Waals surface area contributed by atoms with Crippen LogP contribution in [0, 0.1) is 11.8 Å². The molecule has 1 fully saturated rings. The lowest BCUT2D eigenvalue weighted by atomic mass is 10.1. The number of carbonyl (C=O) groups excluding carboxylic acids is 2. The van der Waals surface area contributed by atoms with Crippen molar-refractivity contribution in [3.63, 3.8) is 0 Å². The number of nitrogens with two attached hydrogens (primary N) is 1. The number of amides is 2. The van der Waals surface area contributed by atoms with E-state index >= 15 is 0 Å². The molecule has 0 atom stereocenters. The van der Waals surface area contributed by atoms with Crippen molar-refractivity contribution < 1.29 is 14.3 Å². The molecule has 1 aromatic carbocycles. The number of aromatic nitrogens is 2. The zero-order chi connectivity index (χ0) is 23.4. The lowest BCUT2D eigenvalue weighted by molar-refractivity contribution is -0.117. The molecule has 4 N–H and O–H groups in total. The molecule has 1 aliphatic rings. The maximum atomic E-state index is 13.3. The van der Waals surface area contributed by atoms with Crippen LogP contribution in [0.3, 0.4) is 0 Å². The lowest BCUT2D eigenvalue weighted by Crippen LogP contribution is -2.42. The van der Waals surface area contributed by atoms with E-state index in [4.69, 9.17) is 10.5 Å². The number of benzene rings is 1. The maximum Gasteiger partial charge on any atom is 0.330 e. The zero-order valence-electron chi connectivity index (χ0n) is 18.5. The van der Waals surface area contributed by atoms with E-state index in [0.717, 1.165) is 12.8 Å². The summed E-state index contributed by atoms with van der Waals surface area (Å²) in [5.41, 5.74) is 5.61. The molecule has 0 aliphatic heterocycles. The second-order valence-electron chi connectivity index (χ2n) is 8.29. The van der Waals surface area contributed by atoms with Crippen molar-refractivity contribution in [1.82, 2.24) is 9.55 Å². The van der Waals surface area contributed by atoms with Crippen molar-refractivity contribution in [1.29, 1.82) is 0 Å². The third-order valence-corrected chi connectivity index (χ3v) is 5.14. The van der Waals surface area contributed by atoms with E-state index in [1.54, 1.807) is 24.3 Å². The van der Waals surface area contributed by atoms with Crippen LogP contribution in [0.15, 0.2) is 33.9 Å². The van der Waals surface area contributed by atoms with E-state index in [1.807, 2.05) is 13.8 Å². The van der Waals surface area contributed by atoms with Gasteiger partial charge in [0, 0.05) is 37.4 Å². The molecule has 10 heteroatoms. The van der Waals surface area contributed by atoms with E-state index in [0.29, 0.717) is 11.3 Å². The second-order valence-corrected chi connectivity index (χ2v) is 8.29. The number of hydrogen-bond donors (Lipinski definition) is 3. The molecule has 0 spiro atoms. The first-order valence-electron chi connectivity index (χ1n) is 10.6. The Morgan fingerprint density at radius 1 is 1.25 bits per heavy atom. The molecule has 0 bridgehead atoms. The van der Waals surface area contributed by atoms with Crippen molar-refractivity contribution in [2.45, 2.75) is 33.2 Å². The van der Waals surface area contributed by atoms with E-state index in [9.17, 15) is 19.2 Å². The highest BCUT2D eigenvalue weighted by molar-refractivity contribution is 6.07. The number of nitrogens with zero attached hydrogens (tertiary/aromatic N) is 2. The number of ether oxygens (including phenoxy) is 1. The van der Waals surface area contributed by atoms with Gasteiger partial charge in [-0.15, -0.1) is 0 Å². The SMILES string of the molecule is COCCN(C(=O)c1ccc(NC(=O)C2CC2)cc1)c1c(N)n(CC(C)C)c(=O)[nH]c1=O. The highest BCUT2D eigenvalue weighted by Gasteiger charge is 2.30. The molecular formula is C22H29N5O5. The van der Waals surface area contributed by atoms with Crippen molar-refractivity contribution in [2.24, 2.45) is 11.8 Å². The van der Waals surface area contributed by atoms with Gasteiger partial charge in [0.15, 0.2) is 5.69 Å². The van der Waals surface area contributed by atoms with Crippen LogP contribution in [0.2, 0.25) is 0 Å². The Bertz CT molecular complexity index is 1100. The summed E-state index contributed by atoms with van der Waals surface area (Å²) in [5, 5.41) is 2.82. The molecule has 3 rings (SSSR count). The van der Waals surface area contributed by atoms with Gasteiger partial charge in [-0.1, -0.05) is 13.8 Å². The number of anilines is 3. The molecular weight excluding hydrogens is 414 g/mol. The first-order valence-corrected chi connectivity index (χ1v) is 10.6. The Hall–Kier alpha value is -3.40. The van der Waals surface area contributed by atoms with Crippen molar-refractivity contribution in [3.05, 3.63) is 50.7 Å². The quantitative estimate of drug-likeness (QED) is 0.535. The van der Waals surface area contributed by atoms with Crippen LogP contribution in [0.4, 0.5) is 17.2 Å². The van der Waals surface area contributed by atoms with Crippen molar-refractivity contribution in [3.8, 4) is 0 Å². The number of H-pyrrole nitrogens is 1. The van der Waals surface area contributed by atoms with Gasteiger partial charge in [-0.2, -0.15) is 0 Å². The molecule has 1 aliphatic carbocycles. The minimum Gasteiger partial charge on any atom is -0.383 e. The molecule has 172 valence electrons. The fourth-order valence-electron chi connectivity index (χ4n) is 3.32. The first kappa shape index (κ1) is 23.3. The predicted octanol–water partition coefficient (Wildman–Crippen LogP) is 1.42. The predicted molar refractivity (Wildman–Crippen MR) is 122 cm³/mol. The van der Waals surface area contributed by atoms with Crippen LogP contribution >= 0.6 is 0 Å². The average molecular weight is 444 g/mol. The molecule has 0 radical (unpaired) electrons. The second kappa shape index (κ2) is 9.82. The van der Waals surface area contributed by atoms with Crippen molar-refractivity contribution in [2.75, 3.05) is 36.2 Å². The lowest BCUT2D eigenvalue weighted by Gasteiger charge is -2.25. The topological polar surface area (TPSA) is 140 Å². The van der Waals surface area contributed by atoms with Crippen LogP contribution < -0.4 is 27.2 Å². The number of nitrogen functional groups attached to an aromatic ring is 1. The summed E-state index contributed by atoms with van der Waals surface area (Å²) in [6, 6.07) is 6.41. The average Bonchev–Trinajstić information content (AvgIpc) is 3.59. The van der Waals surface area contributed by atoms with E-state index in [1.165, 1.54) is 16.6 Å². The number of methoxy groups -OCH3 is 1. The van der Waals surface area contributed by atoms with Crippen LogP contribution in [0.5, 0.6) is 0 Å². The Labute approximate surface area is 185 Å². The van der Waals surface area contributed by atoms with Gasteiger partial charge >= 0.3 is 5.69 Å². The Morgan fingerprint density at radius 2 is 1.91 bits per heavy atom. The number of aromatic amines is 1. The van der Waals surface area contributed by atoms with Crippen molar-refractivity contribution >= 4 is 29.0 Å². The van der Waals surface area contributed by atoms with E-state index < -0.39 is 17.2 Å². The molecule has 1 heterocycles. The Morgan fingerprint density at radius 3 is 2.47 bits per heavy atom. The van der Waals surface area contributed by atoms with Crippen LogP contribution in [-0.4, -0.2) is 41.6 Å². The molecule has 1 saturated carbocycles. The van der Waals surface area contributed by atoms with Crippen LogP contribution in [0.25, 0.3) is 0 Å². The standard InChI is InChI=1S/C22H29N5O5/c1-13(2)12-27-18(23)17(20(29)25-22(27)31)26(10-11-32-3)21(30)15-6-8-16(9-7-15)24-19(28)14-4-5-14/h6-9,13-14H,4-5,10-12,23H2,1-3H3,(H,24,28)(H,25,29,31). The van der Waals surface area contributed by atoms with Gasteiger partial charge in [0.05, 0.1) is 6.61 Å². The molecule has 1 aromatic heterocycles. The van der Waals surface area contributed by atoms with Crippen LogP contribution in [0.1, 0.15) is 37.0 Å². The number of nitrogens with one attached hydrogen (secondary N) is 2. The van der Waals surface area contributed by atoms with Gasteiger partial charge in [0.2, 0.25) is 5.91 Å². The number of carbonyl (C=O) groups is 2. The molecule has 0 unspecified atom stereocenters. The summed E-state index contributed by atoms with van der Waals surface area (Å²) < 4.78 is 6.36. The highest BCUT2D eigenvalue weighted by atomic mass is 16.5. The minimum atomic E-state index is -0.745. The summed E-state index contributed by atoms with van der Waals surface area (Å²) >= 11 is 0. The third-order valence-electron chi connectivity index (χ3n) is 5.14.